The minimum absolute atomic E-state index is 0.00760. The summed E-state index contributed by atoms with van der Waals surface area (Å²) in [6.07, 6.45) is -4.36. The van der Waals surface area contributed by atoms with Crippen molar-refractivity contribution >= 4 is 36.4 Å². The summed E-state index contributed by atoms with van der Waals surface area (Å²) >= 11 is 0. The summed E-state index contributed by atoms with van der Waals surface area (Å²) in [4.78, 5) is 102. The highest BCUT2D eigenvalue weighted by atomic mass is 17.2. The van der Waals surface area contributed by atoms with E-state index in [9.17, 15) is 28.8 Å². The summed E-state index contributed by atoms with van der Waals surface area (Å²) in [5.74, 6) is -2.88. The molecule has 0 radical (unpaired) electrons. The molecule has 0 unspecified atom stereocenters. The lowest BCUT2D eigenvalue weighted by molar-refractivity contribution is -0.217. The molecule has 3 aromatic rings. The molecule has 15 heteroatoms. The third-order valence-electron chi connectivity index (χ3n) is 8.27. The standard InChI is InChI=1S/C36H38O15/c1-8-36(18-43-33(40)49-46-30(37)27-15-9-12-21(2)24(27)5,19-44-34(41)50-47-31(38)28-16-10-13-22(3)25(28)6)20-45-35(42)51-48-32(39)29-17-11-14-23(4)26(29)7/h9-17H,8,18-20H2,1-7H3. The van der Waals surface area contributed by atoms with Crippen LogP contribution in [0.2, 0.25) is 0 Å². The molecule has 0 saturated carbocycles. The lowest BCUT2D eigenvalue weighted by atomic mass is 9.88. The first kappa shape index (κ1) is 39.3. The van der Waals surface area contributed by atoms with Crippen molar-refractivity contribution in [3.8, 4) is 0 Å². The predicted molar refractivity (Wildman–Crippen MR) is 174 cm³/mol. The molecule has 0 aliphatic carbocycles. The summed E-state index contributed by atoms with van der Waals surface area (Å²) in [6, 6.07) is 14.7. The molecule has 0 fully saturated rings. The Hall–Kier alpha value is -6.12. The first-order valence-corrected chi connectivity index (χ1v) is 15.5. The van der Waals surface area contributed by atoms with Crippen LogP contribution in [0.3, 0.4) is 0 Å². The van der Waals surface area contributed by atoms with Gasteiger partial charge >= 0.3 is 36.4 Å². The van der Waals surface area contributed by atoms with E-state index in [1.807, 2.05) is 0 Å². The molecule has 0 aliphatic heterocycles. The molecule has 3 rings (SSSR count). The van der Waals surface area contributed by atoms with E-state index in [0.717, 1.165) is 16.7 Å². The van der Waals surface area contributed by atoms with E-state index in [2.05, 4.69) is 29.3 Å². The Kier molecular flexibility index (Phi) is 13.9. The second kappa shape index (κ2) is 18.0. The van der Waals surface area contributed by atoms with Crippen molar-refractivity contribution in [2.45, 2.75) is 54.9 Å². The fraction of sp³-hybridized carbons (Fsp3) is 0.333. The van der Waals surface area contributed by atoms with Gasteiger partial charge in [0.1, 0.15) is 19.8 Å². The maximum absolute atomic E-state index is 12.4. The zero-order chi connectivity index (χ0) is 37.7. The normalized spacial score (nSPS) is 10.6. The van der Waals surface area contributed by atoms with Crippen molar-refractivity contribution in [1.82, 2.24) is 0 Å². The van der Waals surface area contributed by atoms with Crippen LogP contribution in [0.25, 0.3) is 0 Å². The first-order chi connectivity index (χ1) is 24.2. The summed E-state index contributed by atoms with van der Waals surface area (Å²) in [5, 5.41) is 0. The molecule has 0 heterocycles. The first-order valence-electron chi connectivity index (χ1n) is 15.5. The second-order valence-corrected chi connectivity index (χ2v) is 11.6. The Morgan fingerprint density at radius 3 is 0.980 bits per heavy atom. The molecular weight excluding hydrogens is 672 g/mol. The van der Waals surface area contributed by atoms with Gasteiger partial charge in [-0.3, -0.25) is 0 Å². The van der Waals surface area contributed by atoms with E-state index >= 15 is 0 Å². The van der Waals surface area contributed by atoms with Gasteiger partial charge in [0.05, 0.1) is 22.1 Å². The molecule has 0 aromatic heterocycles. The summed E-state index contributed by atoms with van der Waals surface area (Å²) in [6.45, 7) is 10.0. The summed E-state index contributed by atoms with van der Waals surface area (Å²) in [7, 11) is 0. The molecular formula is C36H38O15. The number of rotatable bonds is 10. The second-order valence-electron chi connectivity index (χ2n) is 11.6. The maximum Gasteiger partial charge on any atom is 0.549 e. The Balaban J connectivity index is 1.63. The molecule has 0 atom stereocenters. The summed E-state index contributed by atoms with van der Waals surface area (Å²) < 4.78 is 15.3. The Bertz CT molecular complexity index is 1580. The lowest BCUT2D eigenvalue weighted by Crippen LogP contribution is -2.39. The van der Waals surface area contributed by atoms with E-state index in [4.69, 9.17) is 14.2 Å². The molecule has 51 heavy (non-hydrogen) atoms. The third-order valence-corrected chi connectivity index (χ3v) is 8.27. The highest BCUT2D eigenvalue weighted by Gasteiger charge is 2.36. The molecule has 0 spiro atoms. The Morgan fingerprint density at radius 2 is 0.725 bits per heavy atom. The third kappa shape index (κ3) is 10.9. The minimum Gasteiger partial charge on any atom is -0.431 e. The van der Waals surface area contributed by atoms with Gasteiger partial charge in [0, 0.05) is 0 Å². The van der Waals surface area contributed by atoms with Crippen LogP contribution in [0.4, 0.5) is 14.4 Å². The molecule has 3 aromatic carbocycles. The van der Waals surface area contributed by atoms with E-state index in [1.54, 1.807) is 84.9 Å². The maximum atomic E-state index is 12.4. The van der Waals surface area contributed by atoms with Crippen LogP contribution in [0.5, 0.6) is 0 Å². The SMILES string of the molecule is CCC(COC(=O)OOC(=O)c1cccc(C)c1C)(COC(=O)OOC(=O)c1cccc(C)c1C)COC(=O)OOC(=O)c1cccc(C)c1C. The number of hydrogen-bond donors (Lipinski definition) is 0. The highest BCUT2D eigenvalue weighted by molar-refractivity contribution is 5.92. The van der Waals surface area contributed by atoms with Crippen molar-refractivity contribution in [2.75, 3.05) is 19.8 Å². The number of carbonyl (C=O) groups is 6. The number of carbonyl (C=O) groups excluding carboxylic acids is 6. The smallest absolute Gasteiger partial charge is 0.431 e. The quantitative estimate of drug-likeness (QED) is 0.0904. The van der Waals surface area contributed by atoms with Crippen LogP contribution in [0.15, 0.2) is 54.6 Å². The average molecular weight is 711 g/mol. The average Bonchev–Trinajstić information content (AvgIpc) is 3.11. The van der Waals surface area contributed by atoms with Gasteiger partial charge in [-0.15, -0.1) is 0 Å². The molecule has 272 valence electrons. The fourth-order valence-electron chi connectivity index (χ4n) is 4.41. The minimum atomic E-state index is -1.51. The lowest BCUT2D eigenvalue weighted by Gasteiger charge is -2.29. The highest BCUT2D eigenvalue weighted by Crippen LogP contribution is 2.26. The van der Waals surface area contributed by atoms with Gasteiger partial charge in [0.25, 0.3) is 0 Å². The van der Waals surface area contributed by atoms with Gasteiger partial charge in [-0.2, -0.15) is 14.4 Å². The topological polar surface area (TPSA) is 185 Å². The van der Waals surface area contributed by atoms with Crippen LogP contribution in [0.1, 0.15) is 77.8 Å². The van der Waals surface area contributed by atoms with Crippen molar-refractivity contribution in [3.63, 3.8) is 0 Å². The number of ether oxygens (including phenoxy) is 3. The number of aryl methyl sites for hydroxylation is 3. The largest absolute Gasteiger partial charge is 0.549 e. The van der Waals surface area contributed by atoms with Gasteiger partial charge in [-0.05, 0) is 99.5 Å². The zero-order valence-corrected chi connectivity index (χ0v) is 29.1. The van der Waals surface area contributed by atoms with Crippen molar-refractivity contribution in [1.29, 1.82) is 0 Å². The molecule has 15 nitrogen and oxygen atoms in total. The zero-order valence-electron chi connectivity index (χ0n) is 29.1. The summed E-state index contributed by atoms with van der Waals surface area (Å²) in [5.41, 5.74) is 3.18. The Morgan fingerprint density at radius 1 is 0.451 bits per heavy atom. The monoisotopic (exact) mass is 710 g/mol. The van der Waals surface area contributed by atoms with E-state index in [1.165, 1.54) is 18.2 Å². The van der Waals surface area contributed by atoms with Gasteiger partial charge in [-0.1, -0.05) is 43.3 Å². The molecule has 0 saturated heterocycles. The van der Waals surface area contributed by atoms with Crippen LogP contribution in [-0.2, 0) is 43.5 Å². The van der Waals surface area contributed by atoms with Gasteiger partial charge < -0.3 is 14.2 Å². The van der Waals surface area contributed by atoms with Crippen molar-refractivity contribution < 1.29 is 72.3 Å². The molecule has 0 aliphatic rings. The van der Waals surface area contributed by atoms with E-state index in [-0.39, 0.29) is 23.1 Å². The van der Waals surface area contributed by atoms with Crippen LogP contribution in [0, 0.1) is 47.0 Å². The van der Waals surface area contributed by atoms with Gasteiger partial charge in [0.15, 0.2) is 0 Å². The van der Waals surface area contributed by atoms with Gasteiger partial charge in [-0.25, -0.2) is 43.7 Å². The van der Waals surface area contributed by atoms with Crippen LogP contribution < -0.4 is 0 Å². The van der Waals surface area contributed by atoms with E-state index in [0.29, 0.717) is 16.7 Å². The van der Waals surface area contributed by atoms with E-state index < -0.39 is 61.6 Å². The van der Waals surface area contributed by atoms with Crippen molar-refractivity contribution in [3.05, 3.63) is 105 Å². The molecule has 0 N–H and O–H groups in total. The Labute approximate surface area is 293 Å². The van der Waals surface area contributed by atoms with Crippen LogP contribution in [-0.4, -0.2) is 56.2 Å². The van der Waals surface area contributed by atoms with Crippen LogP contribution >= 0.6 is 0 Å². The molecule has 0 amide bonds. The number of benzene rings is 3. The van der Waals surface area contributed by atoms with Gasteiger partial charge in [0.2, 0.25) is 0 Å². The number of hydrogen-bond acceptors (Lipinski definition) is 15. The predicted octanol–water partition coefficient (Wildman–Crippen LogP) is 7.01. The molecule has 0 bridgehead atoms. The fourth-order valence-corrected chi connectivity index (χ4v) is 4.41. The van der Waals surface area contributed by atoms with Crippen molar-refractivity contribution in [2.24, 2.45) is 5.41 Å².